The van der Waals surface area contributed by atoms with Crippen molar-refractivity contribution in [2.45, 2.75) is 26.9 Å². The van der Waals surface area contributed by atoms with Crippen LogP contribution in [-0.2, 0) is 13.1 Å². The lowest BCUT2D eigenvalue weighted by atomic mass is 10.2. The fraction of sp³-hybridized carbons (Fsp3) is 0.263. The molecule has 2 heterocycles. The van der Waals surface area contributed by atoms with E-state index in [4.69, 9.17) is 16.3 Å². The summed E-state index contributed by atoms with van der Waals surface area (Å²) in [7, 11) is 1.64. The van der Waals surface area contributed by atoms with Crippen LogP contribution in [-0.4, -0.2) is 21.9 Å². The Morgan fingerprint density at radius 1 is 1.12 bits per heavy atom. The van der Waals surface area contributed by atoms with Crippen LogP contribution >= 0.6 is 11.6 Å². The molecule has 0 radical (unpaired) electrons. The maximum atomic E-state index is 5.97. The minimum atomic E-state index is 0.653. The minimum absolute atomic E-state index is 0.653. The predicted octanol–water partition coefficient (Wildman–Crippen LogP) is 3.84. The Balaban J connectivity index is 1.74. The van der Waals surface area contributed by atoms with E-state index >= 15 is 0 Å². The largest absolute Gasteiger partial charge is 0.481 e. The molecule has 0 aliphatic heterocycles. The van der Waals surface area contributed by atoms with Crippen LogP contribution in [0.5, 0.6) is 5.88 Å². The quantitative estimate of drug-likeness (QED) is 0.729. The highest BCUT2D eigenvalue weighted by atomic mass is 35.5. The molecular weight excluding hydrogens is 336 g/mol. The Morgan fingerprint density at radius 3 is 2.60 bits per heavy atom. The number of rotatable bonds is 6. The van der Waals surface area contributed by atoms with Gasteiger partial charge in [-0.3, -0.25) is 0 Å². The molecule has 0 spiro atoms. The van der Waals surface area contributed by atoms with E-state index in [2.05, 4.69) is 22.3 Å². The Morgan fingerprint density at radius 2 is 1.88 bits per heavy atom. The van der Waals surface area contributed by atoms with Crippen molar-refractivity contribution in [3.8, 4) is 11.6 Å². The van der Waals surface area contributed by atoms with E-state index in [0.717, 1.165) is 34.2 Å². The maximum Gasteiger partial charge on any atom is 0.217 e. The van der Waals surface area contributed by atoms with E-state index < -0.39 is 0 Å². The number of benzene rings is 1. The minimum Gasteiger partial charge on any atom is -0.481 e. The molecular formula is C19H21ClN4O. The van der Waals surface area contributed by atoms with Crippen molar-refractivity contribution in [3.63, 3.8) is 0 Å². The maximum absolute atomic E-state index is 5.97. The number of methoxy groups -OCH3 is 1. The summed E-state index contributed by atoms with van der Waals surface area (Å²) in [4.78, 5) is 4.22. The van der Waals surface area contributed by atoms with Gasteiger partial charge in [0, 0.05) is 41.1 Å². The van der Waals surface area contributed by atoms with Crippen LogP contribution in [0, 0.1) is 13.8 Å². The molecule has 6 heteroatoms. The third-order valence-electron chi connectivity index (χ3n) is 4.17. The van der Waals surface area contributed by atoms with Gasteiger partial charge in [0.15, 0.2) is 0 Å². The Hall–Kier alpha value is -2.37. The molecule has 0 bridgehead atoms. The van der Waals surface area contributed by atoms with Crippen LogP contribution in [0.3, 0.4) is 0 Å². The number of pyridine rings is 1. The van der Waals surface area contributed by atoms with E-state index in [9.17, 15) is 0 Å². The summed E-state index contributed by atoms with van der Waals surface area (Å²) in [6, 6.07) is 11.6. The highest BCUT2D eigenvalue weighted by Crippen LogP contribution is 2.20. The van der Waals surface area contributed by atoms with Crippen molar-refractivity contribution < 1.29 is 4.74 Å². The predicted molar refractivity (Wildman–Crippen MR) is 99.4 cm³/mol. The lowest BCUT2D eigenvalue weighted by Crippen LogP contribution is -2.15. The second kappa shape index (κ2) is 7.68. The van der Waals surface area contributed by atoms with Gasteiger partial charge in [0.25, 0.3) is 0 Å². The Kier molecular flexibility index (Phi) is 5.36. The van der Waals surface area contributed by atoms with Crippen molar-refractivity contribution >= 4 is 11.6 Å². The third kappa shape index (κ3) is 3.83. The summed E-state index contributed by atoms with van der Waals surface area (Å²) < 4.78 is 7.24. The summed E-state index contributed by atoms with van der Waals surface area (Å²) in [5, 5.41) is 8.84. The molecule has 130 valence electrons. The average Bonchev–Trinajstić information content (AvgIpc) is 2.91. The van der Waals surface area contributed by atoms with Crippen LogP contribution in [0.15, 0.2) is 42.6 Å². The molecule has 1 N–H and O–H groups in total. The Labute approximate surface area is 152 Å². The summed E-state index contributed by atoms with van der Waals surface area (Å²) >= 11 is 5.97. The molecule has 0 amide bonds. The molecule has 25 heavy (non-hydrogen) atoms. The first-order chi connectivity index (χ1) is 12.1. The fourth-order valence-electron chi connectivity index (χ4n) is 2.83. The summed E-state index contributed by atoms with van der Waals surface area (Å²) in [6.07, 6.45) is 1.73. The highest BCUT2D eigenvalue weighted by Gasteiger charge is 2.13. The standard InChI is InChI=1S/C19H21ClN4O/c1-13-18(12-21-11-15-5-4-10-22-19(15)25-3)14(2)24(23-13)17-8-6-16(20)7-9-17/h4-10,21H,11-12H2,1-3H3. The van der Waals surface area contributed by atoms with E-state index in [1.807, 2.05) is 48.0 Å². The van der Waals surface area contributed by atoms with Crippen LogP contribution < -0.4 is 10.1 Å². The zero-order chi connectivity index (χ0) is 17.8. The van der Waals surface area contributed by atoms with Crippen molar-refractivity contribution in [1.82, 2.24) is 20.1 Å². The fourth-order valence-corrected chi connectivity index (χ4v) is 2.96. The van der Waals surface area contributed by atoms with Crippen molar-refractivity contribution in [3.05, 3.63) is 70.1 Å². The molecule has 0 saturated heterocycles. The number of nitrogens with one attached hydrogen (secondary N) is 1. The van der Waals surface area contributed by atoms with Gasteiger partial charge in [-0.05, 0) is 44.2 Å². The number of ether oxygens (including phenoxy) is 1. The summed E-state index contributed by atoms with van der Waals surface area (Å²) in [5.41, 5.74) is 5.36. The molecule has 0 atom stereocenters. The number of aryl methyl sites for hydroxylation is 1. The van der Waals surface area contributed by atoms with E-state index in [1.54, 1.807) is 13.3 Å². The van der Waals surface area contributed by atoms with Crippen LogP contribution in [0.1, 0.15) is 22.5 Å². The number of halogens is 1. The molecule has 3 rings (SSSR count). The topological polar surface area (TPSA) is 52.0 Å². The molecule has 0 fully saturated rings. The molecule has 0 aliphatic rings. The number of hydrogen-bond acceptors (Lipinski definition) is 4. The first-order valence-corrected chi connectivity index (χ1v) is 8.47. The van der Waals surface area contributed by atoms with Crippen LogP contribution in [0.4, 0.5) is 0 Å². The van der Waals surface area contributed by atoms with Crippen molar-refractivity contribution in [2.75, 3.05) is 7.11 Å². The SMILES string of the molecule is COc1ncccc1CNCc1c(C)nn(-c2ccc(Cl)cc2)c1C. The molecule has 0 saturated carbocycles. The molecule has 3 aromatic rings. The second-order valence-corrected chi connectivity index (χ2v) is 6.25. The van der Waals surface area contributed by atoms with Gasteiger partial charge in [-0.2, -0.15) is 5.10 Å². The number of nitrogens with zero attached hydrogens (tertiary/aromatic N) is 3. The number of hydrogen-bond donors (Lipinski definition) is 1. The van der Waals surface area contributed by atoms with Gasteiger partial charge >= 0.3 is 0 Å². The molecule has 1 aromatic carbocycles. The zero-order valence-corrected chi connectivity index (χ0v) is 15.3. The van der Waals surface area contributed by atoms with Gasteiger partial charge in [0.1, 0.15) is 0 Å². The normalized spacial score (nSPS) is 10.9. The molecule has 2 aromatic heterocycles. The average molecular weight is 357 g/mol. The van der Waals surface area contributed by atoms with Gasteiger partial charge in [0.2, 0.25) is 5.88 Å². The van der Waals surface area contributed by atoms with Gasteiger partial charge in [-0.25, -0.2) is 9.67 Å². The van der Waals surface area contributed by atoms with Crippen LogP contribution in [0.25, 0.3) is 5.69 Å². The van der Waals surface area contributed by atoms with Crippen molar-refractivity contribution in [2.24, 2.45) is 0 Å². The van der Waals surface area contributed by atoms with Gasteiger partial charge in [-0.1, -0.05) is 17.7 Å². The monoisotopic (exact) mass is 356 g/mol. The smallest absolute Gasteiger partial charge is 0.217 e. The molecule has 0 unspecified atom stereocenters. The first kappa shape index (κ1) is 17.5. The third-order valence-corrected chi connectivity index (χ3v) is 4.42. The number of aromatic nitrogens is 3. The Bertz CT molecular complexity index is 858. The van der Waals surface area contributed by atoms with E-state index in [1.165, 1.54) is 5.56 Å². The van der Waals surface area contributed by atoms with Gasteiger partial charge < -0.3 is 10.1 Å². The molecule has 5 nitrogen and oxygen atoms in total. The van der Waals surface area contributed by atoms with Gasteiger partial charge in [0.05, 0.1) is 18.5 Å². The summed E-state index contributed by atoms with van der Waals surface area (Å²) in [5.74, 6) is 0.653. The lowest BCUT2D eigenvalue weighted by molar-refractivity contribution is 0.390. The van der Waals surface area contributed by atoms with Crippen LogP contribution in [0.2, 0.25) is 5.02 Å². The molecule has 0 aliphatic carbocycles. The lowest BCUT2D eigenvalue weighted by Gasteiger charge is -2.09. The van der Waals surface area contributed by atoms with E-state index in [-0.39, 0.29) is 0 Å². The zero-order valence-electron chi connectivity index (χ0n) is 14.6. The highest BCUT2D eigenvalue weighted by molar-refractivity contribution is 6.30. The van der Waals surface area contributed by atoms with Gasteiger partial charge in [-0.15, -0.1) is 0 Å². The van der Waals surface area contributed by atoms with E-state index in [0.29, 0.717) is 12.4 Å². The second-order valence-electron chi connectivity index (χ2n) is 5.81. The first-order valence-electron chi connectivity index (χ1n) is 8.09. The summed E-state index contributed by atoms with van der Waals surface area (Å²) in [6.45, 7) is 5.52. The van der Waals surface area contributed by atoms with Crippen molar-refractivity contribution in [1.29, 1.82) is 0 Å².